The van der Waals surface area contributed by atoms with E-state index >= 15 is 0 Å². The van der Waals surface area contributed by atoms with Gasteiger partial charge in [-0.15, -0.1) is 0 Å². The summed E-state index contributed by atoms with van der Waals surface area (Å²) in [6.07, 6.45) is -3.59. The zero-order valence-corrected chi connectivity index (χ0v) is 11.3. The molecule has 0 amide bonds. The van der Waals surface area contributed by atoms with Gasteiger partial charge in [-0.3, -0.25) is 0 Å². The van der Waals surface area contributed by atoms with Crippen molar-refractivity contribution in [2.75, 3.05) is 11.9 Å². The smallest absolute Gasteiger partial charge is 0.384 e. The van der Waals surface area contributed by atoms with E-state index < -0.39 is 11.7 Å². The van der Waals surface area contributed by atoms with E-state index in [-0.39, 0.29) is 5.02 Å². The fourth-order valence-corrected chi connectivity index (χ4v) is 2.07. The van der Waals surface area contributed by atoms with Crippen LogP contribution in [0.25, 0.3) is 0 Å². The summed E-state index contributed by atoms with van der Waals surface area (Å²) in [5, 5.41) is 3.12. The van der Waals surface area contributed by atoms with Gasteiger partial charge in [0, 0.05) is 6.54 Å². The van der Waals surface area contributed by atoms with Crippen LogP contribution in [0.3, 0.4) is 0 Å². The van der Waals surface area contributed by atoms with Crippen molar-refractivity contribution in [2.45, 2.75) is 12.6 Å². The quantitative estimate of drug-likeness (QED) is 0.836. The number of halogens is 4. The fraction of sp³-hybridized carbons (Fsp3) is 0.200. The molecular weight excluding hydrogens is 287 g/mol. The maximum atomic E-state index is 12.5. The van der Waals surface area contributed by atoms with Crippen molar-refractivity contribution in [3.63, 3.8) is 0 Å². The molecule has 0 radical (unpaired) electrons. The van der Waals surface area contributed by atoms with Gasteiger partial charge in [-0.05, 0) is 30.2 Å². The summed E-state index contributed by atoms with van der Waals surface area (Å²) in [5.74, 6) is 0. The van der Waals surface area contributed by atoms with Crippen molar-refractivity contribution in [1.29, 1.82) is 0 Å². The van der Waals surface area contributed by atoms with Gasteiger partial charge in [0.15, 0.2) is 0 Å². The molecule has 106 valence electrons. The average Bonchev–Trinajstić information content (AvgIpc) is 2.40. The van der Waals surface area contributed by atoms with Gasteiger partial charge < -0.3 is 5.32 Å². The molecule has 2 aromatic rings. The van der Waals surface area contributed by atoms with E-state index in [1.807, 2.05) is 30.3 Å². The van der Waals surface area contributed by atoms with E-state index in [9.17, 15) is 13.2 Å². The van der Waals surface area contributed by atoms with Crippen LogP contribution in [0.4, 0.5) is 18.9 Å². The predicted molar refractivity (Wildman–Crippen MR) is 75.1 cm³/mol. The largest absolute Gasteiger partial charge is 0.416 e. The maximum absolute atomic E-state index is 12.5. The van der Waals surface area contributed by atoms with Crippen LogP contribution in [-0.4, -0.2) is 6.54 Å². The molecule has 0 aliphatic carbocycles. The number of alkyl halides is 3. The maximum Gasteiger partial charge on any atom is 0.416 e. The highest BCUT2D eigenvalue weighted by molar-refractivity contribution is 6.33. The van der Waals surface area contributed by atoms with E-state index in [0.29, 0.717) is 12.2 Å². The van der Waals surface area contributed by atoms with Gasteiger partial charge in [0.2, 0.25) is 0 Å². The Balaban J connectivity index is 1.97. The molecule has 0 aliphatic rings. The summed E-state index contributed by atoms with van der Waals surface area (Å²) >= 11 is 5.85. The number of nitrogens with one attached hydrogen (secondary N) is 1. The third-order valence-corrected chi connectivity index (χ3v) is 3.18. The lowest BCUT2D eigenvalue weighted by atomic mass is 10.1. The molecule has 0 bridgehead atoms. The Morgan fingerprint density at radius 2 is 1.70 bits per heavy atom. The zero-order valence-electron chi connectivity index (χ0n) is 10.5. The third kappa shape index (κ3) is 3.90. The van der Waals surface area contributed by atoms with Gasteiger partial charge in [0.1, 0.15) is 0 Å². The number of hydrogen-bond donors (Lipinski definition) is 1. The summed E-state index contributed by atoms with van der Waals surface area (Å²) in [6, 6.07) is 13.1. The Hall–Kier alpha value is -1.68. The molecule has 0 fully saturated rings. The molecule has 2 aromatic carbocycles. The molecule has 1 nitrogen and oxygen atoms in total. The minimum Gasteiger partial charge on any atom is -0.384 e. The summed E-state index contributed by atoms with van der Waals surface area (Å²) in [5.41, 5.74) is 0.926. The van der Waals surface area contributed by atoms with E-state index in [1.54, 1.807) is 0 Å². The van der Waals surface area contributed by atoms with Crippen molar-refractivity contribution in [1.82, 2.24) is 0 Å². The monoisotopic (exact) mass is 299 g/mol. The van der Waals surface area contributed by atoms with E-state index in [2.05, 4.69) is 5.32 Å². The van der Waals surface area contributed by atoms with E-state index in [0.717, 1.165) is 24.1 Å². The molecule has 0 heterocycles. The van der Waals surface area contributed by atoms with Crippen LogP contribution in [0, 0.1) is 0 Å². The first-order chi connectivity index (χ1) is 9.47. The number of rotatable bonds is 4. The van der Waals surface area contributed by atoms with Gasteiger partial charge >= 0.3 is 6.18 Å². The van der Waals surface area contributed by atoms with Gasteiger partial charge in [-0.1, -0.05) is 41.9 Å². The molecule has 5 heteroatoms. The summed E-state index contributed by atoms with van der Waals surface area (Å²) in [6.45, 7) is 0.606. The SMILES string of the molecule is FC(F)(F)c1ccc(NCCc2ccccc2)c(Cl)c1. The summed E-state index contributed by atoms with van der Waals surface area (Å²) in [4.78, 5) is 0. The van der Waals surface area contributed by atoms with Crippen molar-refractivity contribution in [3.8, 4) is 0 Å². The van der Waals surface area contributed by atoms with Crippen LogP contribution in [0.2, 0.25) is 5.02 Å². The lowest BCUT2D eigenvalue weighted by molar-refractivity contribution is -0.137. The van der Waals surface area contributed by atoms with Gasteiger partial charge in [-0.25, -0.2) is 0 Å². The van der Waals surface area contributed by atoms with Crippen molar-refractivity contribution in [3.05, 3.63) is 64.7 Å². The molecule has 0 aromatic heterocycles. The van der Waals surface area contributed by atoms with Gasteiger partial charge in [-0.2, -0.15) is 13.2 Å². The number of anilines is 1. The Labute approximate surface area is 120 Å². The van der Waals surface area contributed by atoms with Crippen molar-refractivity contribution < 1.29 is 13.2 Å². The Morgan fingerprint density at radius 3 is 2.30 bits per heavy atom. The van der Waals surface area contributed by atoms with Gasteiger partial charge in [0.05, 0.1) is 16.3 Å². The molecule has 0 saturated carbocycles. The van der Waals surface area contributed by atoms with Crippen LogP contribution >= 0.6 is 11.6 Å². The minimum absolute atomic E-state index is 0.0767. The Bertz CT molecular complexity index is 567. The van der Waals surface area contributed by atoms with Crippen molar-refractivity contribution in [2.24, 2.45) is 0 Å². The van der Waals surface area contributed by atoms with Crippen molar-refractivity contribution >= 4 is 17.3 Å². The van der Waals surface area contributed by atoms with Crippen LogP contribution in [-0.2, 0) is 12.6 Å². The molecule has 1 N–H and O–H groups in total. The molecule has 0 spiro atoms. The first-order valence-electron chi connectivity index (χ1n) is 6.11. The Morgan fingerprint density at radius 1 is 1.00 bits per heavy atom. The standard InChI is InChI=1S/C15H13ClF3N/c16-13-10-12(15(17,18)19)6-7-14(13)20-9-8-11-4-2-1-3-5-11/h1-7,10,20H,8-9H2. The highest BCUT2D eigenvalue weighted by Crippen LogP contribution is 2.33. The highest BCUT2D eigenvalue weighted by Gasteiger charge is 2.30. The number of hydrogen-bond acceptors (Lipinski definition) is 1. The fourth-order valence-electron chi connectivity index (χ4n) is 1.82. The lowest BCUT2D eigenvalue weighted by Gasteiger charge is -2.11. The van der Waals surface area contributed by atoms with E-state index in [1.165, 1.54) is 6.07 Å². The predicted octanol–water partition coefficient (Wildman–Crippen LogP) is 5.01. The summed E-state index contributed by atoms with van der Waals surface area (Å²) in [7, 11) is 0. The van der Waals surface area contributed by atoms with Crippen LogP contribution in [0.5, 0.6) is 0 Å². The first-order valence-corrected chi connectivity index (χ1v) is 6.49. The van der Waals surface area contributed by atoms with Crippen LogP contribution < -0.4 is 5.32 Å². The second kappa shape index (κ2) is 6.18. The zero-order chi connectivity index (χ0) is 14.6. The molecule has 20 heavy (non-hydrogen) atoms. The minimum atomic E-state index is -4.37. The summed E-state index contributed by atoms with van der Waals surface area (Å²) < 4.78 is 37.5. The topological polar surface area (TPSA) is 12.0 Å². The first kappa shape index (κ1) is 14.7. The second-order valence-corrected chi connectivity index (χ2v) is 4.76. The molecular formula is C15H13ClF3N. The molecule has 0 unspecified atom stereocenters. The molecule has 0 aliphatic heterocycles. The number of benzene rings is 2. The Kier molecular flexibility index (Phi) is 4.55. The second-order valence-electron chi connectivity index (χ2n) is 4.35. The van der Waals surface area contributed by atoms with Gasteiger partial charge in [0.25, 0.3) is 0 Å². The van der Waals surface area contributed by atoms with E-state index in [4.69, 9.17) is 11.6 Å². The lowest BCUT2D eigenvalue weighted by Crippen LogP contribution is -2.08. The molecule has 0 saturated heterocycles. The highest BCUT2D eigenvalue weighted by atomic mass is 35.5. The van der Waals surface area contributed by atoms with Crippen LogP contribution in [0.1, 0.15) is 11.1 Å². The third-order valence-electron chi connectivity index (χ3n) is 2.87. The normalized spacial score (nSPS) is 11.4. The molecule has 2 rings (SSSR count). The average molecular weight is 300 g/mol. The van der Waals surface area contributed by atoms with Crippen LogP contribution in [0.15, 0.2) is 48.5 Å². The molecule has 0 atom stereocenters.